The Morgan fingerprint density at radius 3 is 2.48 bits per heavy atom. The number of aromatic nitrogens is 1. The Bertz CT molecular complexity index is 2240. The van der Waals surface area contributed by atoms with E-state index in [2.05, 4.69) is 32.2 Å². The lowest BCUT2D eigenvalue weighted by Gasteiger charge is -2.34. The van der Waals surface area contributed by atoms with E-state index in [9.17, 15) is 22.8 Å². The molecule has 4 N–H and O–H groups in total. The number of carbonyl (C=O) groups excluding carboxylic acids is 4. The zero-order chi connectivity index (χ0) is 45.3. The maximum Gasteiger partial charge on any atom is 0.408 e. The summed E-state index contributed by atoms with van der Waals surface area (Å²) in [7, 11) is -4.01. The van der Waals surface area contributed by atoms with Crippen LogP contribution in [0.25, 0.3) is 10.9 Å². The Hall–Kier alpha value is -4.48. The highest BCUT2D eigenvalue weighted by Gasteiger charge is 2.63. The summed E-state index contributed by atoms with van der Waals surface area (Å²) >= 11 is 0. The van der Waals surface area contributed by atoms with Crippen molar-refractivity contribution in [2.24, 2.45) is 17.8 Å². The summed E-state index contributed by atoms with van der Waals surface area (Å²) in [5.41, 5.74) is -0.00381. The van der Waals surface area contributed by atoms with Crippen molar-refractivity contribution < 1.29 is 41.8 Å². The Balaban J connectivity index is 1.04. The molecule has 1 aromatic carbocycles. The van der Waals surface area contributed by atoms with Crippen molar-refractivity contribution in [1.82, 2.24) is 35.5 Å². The van der Waals surface area contributed by atoms with Crippen LogP contribution >= 0.6 is 0 Å². The molecule has 2 aromatic rings. The average Bonchev–Trinajstić information content (AvgIpc) is 4.27. The molecule has 6 fully saturated rings. The number of rotatable bonds is 12. The smallest absolute Gasteiger partial charge is 0.408 e. The molecule has 65 heavy (non-hydrogen) atoms. The molecule has 0 unspecified atom stereocenters. The lowest BCUT2D eigenvalue weighted by Crippen LogP contribution is -2.59. The average molecular weight is 918 g/mol. The number of alkyl carbamates (subject to hydrolysis) is 1. The van der Waals surface area contributed by atoms with Crippen LogP contribution in [-0.4, -0.2) is 127 Å². The minimum Gasteiger partial charge on any atom is -0.492 e. The highest BCUT2D eigenvalue weighted by atomic mass is 32.2. The summed E-state index contributed by atoms with van der Waals surface area (Å²) in [6, 6.07) is 5.80. The third kappa shape index (κ3) is 9.97. The predicted molar refractivity (Wildman–Crippen MR) is 244 cm³/mol. The third-order valence-corrected chi connectivity index (χ3v) is 17.4. The van der Waals surface area contributed by atoms with Crippen LogP contribution in [-0.2, 0) is 35.6 Å². The van der Waals surface area contributed by atoms with Crippen LogP contribution in [0.4, 0.5) is 4.79 Å². The second kappa shape index (κ2) is 19.0. The summed E-state index contributed by atoms with van der Waals surface area (Å²) < 4.78 is 47.3. The van der Waals surface area contributed by atoms with Crippen molar-refractivity contribution in [2.75, 3.05) is 45.9 Å². The zero-order valence-electron chi connectivity index (χ0n) is 37.8. The van der Waals surface area contributed by atoms with Crippen molar-refractivity contribution in [1.29, 1.82) is 0 Å². The minimum atomic E-state index is -4.01. The largest absolute Gasteiger partial charge is 0.492 e. The number of ether oxygens (including phenoxy) is 3. The maximum absolute atomic E-state index is 15.1. The zero-order valence-corrected chi connectivity index (χ0v) is 38.6. The number of hydrogen-bond acceptors (Lipinski definition) is 12. The summed E-state index contributed by atoms with van der Waals surface area (Å²) in [5, 5.41) is 10.2. The normalized spacial score (nSPS) is 30.8. The van der Waals surface area contributed by atoms with Crippen LogP contribution < -0.4 is 30.1 Å². The van der Waals surface area contributed by atoms with Gasteiger partial charge >= 0.3 is 6.09 Å². The molecule has 354 valence electrons. The molecule has 7 aliphatic rings. The van der Waals surface area contributed by atoms with E-state index in [1.54, 1.807) is 13.0 Å². The molecule has 9 rings (SSSR count). The molecule has 17 heteroatoms. The van der Waals surface area contributed by atoms with Crippen LogP contribution in [0, 0.1) is 17.8 Å². The first-order valence-corrected chi connectivity index (χ1v) is 25.8. The van der Waals surface area contributed by atoms with Crippen LogP contribution in [0.1, 0.15) is 109 Å². The van der Waals surface area contributed by atoms with Crippen LogP contribution in [0.3, 0.4) is 0 Å². The summed E-state index contributed by atoms with van der Waals surface area (Å²) in [5.74, 6) is -1.15. The van der Waals surface area contributed by atoms with Gasteiger partial charge in [-0.25, -0.2) is 18.2 Å². The van der Waals surface area contributed by atoms with E-state index in [0.29, 0.717) is 37.3 Å². The Labute approximate surface area is 382 Å². The van der Waals surface area contributed by atoms with Gasteiger partial charge in [0.05, 0.1) is 29.0 Å². The van der Waals surface area contributed by atoms with Crippen molar-refractivity contribution in [3.05, 3.63) is 42.5 Å². The first-order chi connectivity index (χ1) is 31.4. The monoisotopic (exact) mass is 917 g/mol. The Kier molecular flexibility index (Phi) is 13.4. The van der Waals surface area contributed by atoms with E-state index < -0.39 is 68.2 Å². The molecule has 0 radical (unpaired) electrons. The van der Waals surface area contributed by atoms with E-state index in [1.807, 2.05) is 24.3 Å². The molecule has 4 amide bonds. The number of nitrogens with one attached hydrogen (secondary N) is 4. The standard InChI is InChI=1S/C48H67N7O9S/c1-3-33-29-48(33,45(58)53-65(60,61)47(2)19-20-47)52-42(56)38-28-34-30-55(38)44(57)40(31-13-6-4-7-14-31)51-46(59)64-39-27-32(39)15-8-5-9-17-36-41(62-26-12-23-54-24-21-49-22-25-54)35-16-10-11-18-37(35)50-43(36)63-34/h3,10-11,16,18,31-34,38-40,49H,1,4-9,12-15,17,19-30H2,2H3,(H,51,59)(H,52,56)(H,53,58)/t32-,33-,34-,38+,39-,40+,48-/m1/s1. The molecule has 4 aliphatic carbocycles. The van der Waals surface area contributed by atoms with Gasteiger partial charge in [-0.05, 0) is 95.1 Å². The number of benzene rings is 1. The lowest BCUT2D eigenvalue weighted by molar-refractivity contribution is -0.142. The third-order valence-electron chi connectivity index (χ3n) is 15.3. The number of fused-ring (bicyclic) bond motifs is 5. The van der Waals surface area contributed by atoms with Gasteiger partial charge in [0.1, 0.15) is 35.6 Å². The highest BCUT2D eigenvalue weighted by molar-refractivity contribution is 7.91. The molecule has 0 spiro atoms. The molecule has 4 heterocycles. The fraction of sp³-hybridized carbons (Fsp3) is 0.688. The molecular formula is C48H67N7O9S. The van der Waals surface area contributed by atoms with Crippen LogP contribution in [0.5, 0.6) is 11.6 Å². The molecule has 4 saturated carbocycles. The number of carbonyl (C=O) groups is 4. The molecule has 1 aromatic heterocycles. The van der Waals surface area contributed by atoms with E-state index >= 15 is 4.79 Å². The van der Waals surface area contributed by atoms with Gasteiger partial charge < -0.3 is 40.0 Å². The van der Waals surface area contributed by atoms with Gasteiger partial charge in [0.15, 0.2) is 0 Å². The van der Waals surface area contributed by atoms with Gasteiger partial charge in [-0.1, -0.05) is 50.3 Å². The Morgan fingerprint density at radius 2 is 1.74 bits per heavy atom. The molecule has 3 aliphatic heterocycles. The summed E-state index contributed by atoms with van der Waals surface area (Å²) in [6.07, 6.45) is 11.4. The van der Waals surface area contributed by atoms with Crippen molar-refractivity contribution >= 4 is 44.7 Å². The van der Waals surface area contributed by atoms with Crippen molar-refractivity contribution in [3.8, 4) is 11.6 Å². The van der Waals surface area contributed by atoms with E-state index in [-0.39, 0.29) is 37.3 Å². The van der Waals surface area contributed by atoms with Crippen LogP contribution in [0.15, 0.2) is 36.9 Å². The number of hydrogen-bond donors (Lipinski definition) is 4. The van der Waals surface area contributed by atoms with E-state index in [0.717, 1.165) is 120 Å². The SMILES string of the molecule is C=C[C@@H]1C[C@]1(NC(=O)[C@@H]1C[C@@H]2CN1C(=O)[C@H](C1CCCCC1)NC(=O)O[C@@H]1C[C@H]1CCCCCc1c(nc3ccccc3c1OCCCN1CCNCC1)O2)C(=O)NS(=O)(=O)C1(C)CC1. The van der Waals surface area contributed by atoms with Gasteiger partial charge in [-0.2, -0.15) is 0 Å². The van der Waals surface area contributed by atoms with Crippen molar-refractivity contribution in [3.63, 3.8) is 0 Å². The first-order valence-electron chi connectivity index (χ1n) is 24.3. The van der Waals surface area contributed by atoms with Gasteiger partial charge in [0.25, 0.3) is 5.91 Å². The molecule has 16 nitrogen and oxygen atoms in total. The molecular weight excluding hydrogens is 851 g/mol. The number of amides is 4. The van der Waals surface area contributed by atoms with Gasteiger partial charge in [-0.15, -0.1) is 6.58 Å². The van der Waals surface area contributed by atoms with Crippen molar-refractivity contribution in [2.45, 2.75) is 144 Å². The number of sulfonamides is 1. The highest BCUT2D eigenvalue weighted by Crippen LogP contribution is 2.47. The second-order valence-corrected chi connectivity index (χ2v) is 22.2. The van der Waals surface area contributed by atoms with E-state index in [1.165, 1.54) is 4.90 Å². The fourth-order valence-electron chi connectivity index (χ4n) is 10.6. The first kappa shape index (κ1) is 45.7. The number of piperazine rings is 1. The van der Waals surface area contributed by atoms with Gasteiger partial charge in [0.2, 0.25) is 27.7 Å². The molecule has 2 bridgehead atoms. The number of pyridine rings is 1. The summed E-state index contributed by atoms with van der Waals surface area (Å²) in [4.78, 5) is 66.4. The number of para-hydroxylation sites is 1. The van der Waals surface area contributed by atoms with Gasteiger partial charge in [-0.3, -0.25) is 19.1 Å². The topological polar surface area (TPSA) is 198 Å². The molecule has 7 atom stereocenters. The Morgan fingerprint density at radius 1 is 1.00 bits per heavy atom. The lowest BCUT2D eigenvalue weighted by atomic mass is 9.83. The number of nitrogens with zero attached hydrogens (tertiary/aromatic N) is 3. The second-order valence-electron chi connectivity index (χ2n) is 20.0. The van der Waals surface area contributed by atoms with Gasteiger partial charge in [0, 0.05) is 50.4 Å². The maximum atomic E-state index is 15.1. The summed E-state index contributed by atoms with van der Waals surface area (Å²) in [6.45, 7) is 10.9. The quantitative estimate of drug-likeness (QED) is 0.172. The van der Waals surface area contributed by atoms with E-state index in [4.69, 9.17) is 19.2 Å². The molecule has 2 saturated heterocycles. The predicted octanol–water partition coefficient (Wildman–Crippen LogP) is 4.50. The van der Waals surface area contributed by atoms with Crippen LogP contribution in [0.2, 0.25) is 0 Å². The fourth-order valence-corrected chi connectivity index (χ4v) is 11.9. The minimum absolute atomic E-state index is 0.00716.